The summed E-state index contributed by atoms with van der Waals surface area (Å²) in [6.45, 7) is 1.75. The summed E-state index contributed by atoms with van der Waals surface area (Å²) in [5, 5.41) is 10.9. The first-order valence-corrected chi connectivity index (χ1v) is 8.63. The Morgan fingerprint density at radius 1 is 1.29 bits per heavy atom. The Morgan fingerprint density at radius 2 is 1.96 bits per heavy atom. The molecule has 0 aliphatic carbocycles. The summed E-state index contributed by atoms with van der Waals surface area (Å²) in [5.41, 5.74) is 0.715. The second-order valence-corrected chi connectivity index (χ2v) is 6.91. The highest BCUT2D eigenvalue weighted by atomic mass is 35.5. The molecule has 0 unspecified atom stereocenters. The third-order valence-corrected chi connectivity index (χ3v) is 5.33. The van der Waals surface area contributed by atoms with Crippen LogP contribution in [0.25, 0.3) is 10.9 Å². The van der Waals surface area contributed by atoms with Gasteiger partial charge in [-0.15, -0.1) is 0 Å². The fourth-order valence-corrected chi connectivity index (χ4v) is 3.54. The van der Waals surface area contributed by atoms with E-state index >= 15 is 0 Å². The van der Waals surface area contributed by atoms with Gasteiger partial charge in [0.2, 0.25) is 0 Å². The van der Waals surface area contributed by atoms with E-state index in [9.17, 15) is 4.79 Å². The Hall–Kier alpha value is -1.56. The summed E-state index contributed by atoms with van der Waals surface area (Å²) < 4.78 is 0. The molecule has 7 heteroatoms. The number of carboxylic acids is 1. The second kappa shape index (κ2) is 7.13. The predicted molar refractivity (Wildman–Crippen MR) is 97.3 cm³/mol. The quantitative estimate of drug-likeness (QED) is 0.895. The Bertz CT molecular complexity index is 761. The summed E-state index contributed by atoms with van der Waals surface area (Å²) in [4.78, 5) is 19.6. The van der Waals surface area contributed by atoms with Crippen molar-refractivity contribution in [3.63, 3.8) is 0 Å². The molecule has 0 atom stereocenters. The molecule has 128 valence electrons. The van der Waals surface area contributed by atoms with Gasteiger partial charge in [0, 0.05) is 24.5 Å². The number of aromatic nitrogens is 1. The van der Waals surface area contributed by atoms with Gasteiger partial charge in [0.1, 0.15) is 5.82 Å². The van der Waals surface area contributed by atoms with Crippen molar-refractivity contribution in [3.8, 4) is 0 Å². The monoisotopic (exact) mass is 367 g/mol. The van der Waals surface area contributed by atoms with Crippen molar-refractivity contribution < 1.29 is 9.90 Å². The number of piperidine rings is 1. The Balaban J connectivity index is 1.73. The maximum atomic E-state index is 10.8. The number of nitrogens with zero attached hydrogens (tertiary/aromatic N) is 3. The number of halogens is 2. The molecule has 2 heterocycles. The number of aliphatic carboxylic acids is 1. The molecule has 1 aromatic heterocycles. The standard InChI is InChI=1S/C17H19Cl2N3O2/c1-21(10-15(23)24)12-6-8-22(9-7-12)14-5-3-11-2-4-13(18)16(19)17(11)20-14/h2-5,12H,6-10H2,1H3,(H,23,24). The minimum Gasteiger partial charge on any atom is -0.480 e. The number of carboxylic acid groups (broad SMARTS) is 1. The largest absolute Gasteiger partial charge is 0.480 e. The van der Waals surface area contributed by atoms with Crippen molar-refractivity contribution in [1.82, 2.24) is 9.88 Å². The van der Waals surface area contributed by atoms with Crippen LogP contribution in [0.15, 0.2) is 24.3 Å². The molecule has 24 heavy (non-hydrogen) atoms. The molecule has 5 nitrogen and oxygen atoms in total. The highest BCUT2D eigenvalue weighted by molar-refractivity contribution is 6.45. The third kappa shape index (κ3) is 3.58. The topological polar surface area (TPSA) is 56.7 Å². The average molecular weight is 368 g/mol. The van der Waals surface area contributed by atoms with E-state index in [-0.39, 0.29) is 12.6 Å². The molecule has 0 spiro atoms. The number of hydrogen-bond donors (Lipinski definition) is 1. The van der Waals surface area contributed by atoms with Gasteiger partial charge in [-0.1, -0.05) is 29.3 Å². The van der Waals surface area contributed by atoms with Crippen molar-refractivity contribution in [3.05, 3.63) is 34.3 Å². The van der Waals surface area contributed by atoms with E-state index in [1.165, 1.54) is 0 Å². The number of pyridine rings is 1. The van der Waals surface area contributed by atoms with Crippen molar-refractivity contribution >= 4 is 45.9 Å². The zero-order chi connectivity index (χ0) is 17.3. The lowest BCUT2D eigenvalue weighted by atomic mass is 10.0. The molecule has 1 N–H and O–H groups in total. The molecule has 1 aromatic carbocycles. The van der Waals surface area contributed by atoms with Crippen LogP contribution in [0.1, 0.15) is 12.8 Å². The summed E-state index contributed by atoms with van der Waals surface area (Å²) in [5.74, 6) is 0.0913. The van der Waals surface area contributed by atoms with E-state index in [1.54, 1.807) is 6.07 Å². The zero-order valence-electron chi connectivity index (χ0n) is 13.4. The number of anilines is 1. The number of likely N-dealkylation sites (N-methyl/N-ethyl adjacent to an activating group) is 1. The second-order valence-electron chi connectivity index (χ2n) is 6.13. The van der Waals surface area contributed by atoms with Gasteiger partial charge in [-0.2, -0.15) is 0 Å². The predicted octanol–water partition coefficient (Wildman–Crippen LogP) is 3.53. The molecule has 0 amide bonds. The van der Waals surface area contributed by atoms with E-state index in [0.717, 1.165) is 37.1 Å². The average Bonchev–Trinajstić information content (AvgIpc) is 2.57. The maximum Gasteiger partial charge on any atom is 0.317 e. The molecule has 1 aliphatic rings. The van der Waals surface area contributed by atoms with Gasteiger partial charge in [-0.05, 0) is 38.1 Å². The van der Waals surface area contributed by atoms with Crippen LogP contribution in [0.3, 0.4) is 0 Å². The lowest BCUT2D eigenvalue weighted by molar-refractivity contribution is -0.138. The summed E-state index contributed by atoms with van der Waals surface area (Å²) >= 11 is 12.4. The molecule has 3 rings (SSSR count). The van der Waals surface area contributed by atoms with Gasteiger partial charge < -0.3 is 10.0 Å². The smallest absolute Gasteiger partial charge is 0.317 e. The molecule has 1 fully saturated rings. The first-order chi connectivity index (χ1) is 11.5. The van der Waals surface area contributed by atoms with Gasteiger partial charge in [0.15, 0.2) is 0 Å². The third-order valence-electron chi connectivity index (χ3n) is 4.54. The van der Waals surface area contributed by atoms with Crippen molar-refractivity contribution in [2.45, 2.75) is 18.9 Å². The fraction of sp³-hybridized carbons (Fsp3) is 0.412. The van der Waals surface area contributed by atoms with Gasteiger partial charge in [-0.25, -0.2) is 4.98 Å². The Morgan fingerprint density at radius 3 is 2.62 bits per heavy atom. The molecular weight excluding hydrogens is 349 g/mol. The molecule has 1 saturated heterocycles. The Kier molecular flexibility index (Phi) is 5.13. The van der Waals surface area contributed by atoms with E-state index < -0.39 is 5.97 Å². The molecule has 1 aliphatic heterocycles. The summed E-state index contributed by atoms with van der Waals surface area (Å²) in [7, 11) is 1.87. The summed E-state index contributed by atoms with van der Waals surface area (Å²) in [6, 6.07) is 7.97. The number of carbonyl (C=O) groups is 1. The van der Waals surface area contributed by atoms with E-state index in [1.807, 2.05) is 30.1 Å². The summed E-state index contributed by atoms with van der Waals surface area (Å²) in [6.07, 6.45) is 1.82. The van der Waals surface area contributed by atoms with Gasteiger partial charge >= 0.3 is 5.97 Å². The van der Waals surface area contributed by atoms with Crippen LogP contribution in [0, 0.1) is 0 Å². The van der Waals surface area contributed by atoms with Crippen LogP contribution in [0.4, 0.5) is 5.82 Å². The van der Waals surface area contributed by atoms with Gasteiger partial charge in [0.05, 0.1) is 22.1 Å². The number of rotatable bonds is 4. The van der Waals surface area contributed by atoms with Gasteiger partial charge in [-0.3, -0.25) is 9.69 Å². The SMILES string of the molecule is CN(CC(=O)O)C1CCN(c2ccc3ccc(Cl)c(Cl)c3n2)CC1. The lowest BCUT2D eigenvalue weighted by Gasteiger charge is -2.36. The van der Waals surface area contributed by atoms with E-state index in [4.69, 9.17) is 28.3 Å². The van der Waals surface area contributed by atoms with Crippen molar-refractivity contribution in [2.24, 2.45) is 0 Å². The Labute approximate surface area is 150 Å². The minimum absolute atomic E-state index is 0.0764. The molecule has 0 saturated carbocycles. The van der Waals surface area contributed by atoms with Crippen LogP contribution in [0.2, 0.25) is 10.0 Å². The van der Waals surface area contributed by atoms with Gasteiger partial charge in [0.25, 0.3) is 0 Å². The van der Waals surface area contributed by atoms with Crippen LogP contribution in [-0.2, 0) is 4.79 Å². The normalized spacial score (nSPS) is 16.1. The van der Waals surface area contributed by atoms with Crippen molar-refractivity contribution in [1.29, 1.82) is 0 Å². The van der Waals surface area contributed by atoms with E-state index in [0.29, 0.717) is 15.6 Å². The molecule has 0 bridgehead atoms. The number of benzene rings is 1. The highest BCUT2D eigenvalue weighted by Gasteiger charge is 2.24. The van der Waals surface area contributed by atoms with Crippen LogP contribution < -0.4 is 4.90 Å². The van der Waals surface area contributed by atoms with Crippen LogP contribution in [0.5, 0.6) is 0 Å². The first-order valence-electron chi connectivity index (χ1n) is 7.87. The van der Waals surface area contributed by atoms with Crippen LogP contribution >= 0.6 is 23.2 Å². The van der Waals surface area contributed by atoms with Crippen LogP contribution in [-0.4, -0.2) is 53.7 Å². The molecule has 2 aromatic rings. The number of fused-ring (bicyclic) bond motifs is 1. The van der Waals surface area contributed by atoms with Crippen molar-refractivity contribution in [2.75, 3.05) is 31.6 Å². The fourth-order valence-electron chi connectivity index (χ4n) is 3.17. The lowest BCUT2D eigenvalue weighted by Crippen LogP contribution is -2.45. The minimum atomic E-state index is -0.789. The zero-order valence-corrected chi connectivity index (χ0v) is 14.9. The maximum absolute atomic E-state index is 10.8. The molecule has 0 radical (unpaired) electrons. The van der Waals surface area contributed by atoms with E-state index in [2.05, 4.69) is 9.88 Å². The first kappa shape index (κ1) is 17.3. The molecular formula is C17H19Cl2N3O2. The number of hydrogen-bond acceptors (Lipinski definition) is 4. The highest BCUT2D eigenvalue weighted by Crippen LogP contribution is 2.31.